The Hall–Kier alpha value is -1.14. The lowest BCUT2D eigenvalue weighted by molar-refractivity contribution is 1.16. The summed E-state index contributed by atoms with van der Waals surface area (Å²) in [4.78, 5) is 8.38. The van der Waals surface area contributed by atoms with Crippen molar-refractivity contribution >= 4 is 29.0 Å². The second-order valence-electron chi connectivity index (χ2n) is 2.78. The molecule has 1 N–H and O–H groups in total. The summed E-state index contributed by atoms with van der Waals surface area (Å²) < 4.78 is 4.92. The van der Waals surface area contributed by atoms with Crippen LogP contribution in [0.2, 0.25) is 0 Å². The molecule has 0 aliphatic heterocycles. The van der Waals surface area contributed by atoms with Gasteiger partial charge in [0.15, 0.2) is 4.34 Å². The molecule has 0 aliphatic rings. The van der Waals surface area contributed by atoms with Crippen molar-refractivity contribution in [2.24, 2.45) is 0 Å². The number of rotatable bonds is 4. The molecule has 2 aromatic heterocycles. The summed E-state index contributed by atoms with van der Waals surface area (Å²) >= 11 is 3.06. The highest BCUT2D eigenvalue weighted by Gasteiger charge is 2.00. The van der Waals surface area contributed by atoms with Gasteiger partial charge in [-0.25, -0.2) is 4.98 Å². The van der Waals surface area contributed by atoms with E-state index >= 15 is 0 Å². The lowest BCUT2D eigenvalue weighted by atomic mass is 10.3. The summed E-state index contributed by atoms with van der Waals surface area (Å²) in [5.41, 5.74) is 2.12. The molecule has 6 heteroatoms. The first-order valence-corrected chi connectivity index (χ1v) is 6.16. The highest BCUT2D eigenvalue weighted by atomic mass is 32.2. The Labute approximate surface area is 96.3 Å². The van der Waals surface area contributed by atoms with Crippen LogP contribution in [0.25, 0.3) is 0 Å². The monoisotopic (exact) mass is 238 g/mol. The van der Waals surface area contributed by atoms with E-state index in [0.29, 0.717) is 0 Å². The minimum absolute atomic E-state index is 0.824. The van der Waals surface area contributed by atoms with Crippen LogP contribution in [0.3, 0.4) is 0 Å². The molecule has 0 amide bonds. The van der Waals surface area contributed by atoms with E-state index in [2.05, 4.69) is 19.7 Å². The van der Waals surface area contributed by atoms with Crippen LogP contribution < -0.4 is 5.32 Å². The fraction of sp³-hybridized carbons (Fsp3) is 0.222. The number of pyridine rings is 1. The predicted molar refractivity (Wildman–Crippen MR) is 63.3 cm³/mol. The van der Waals surface area contributed by atoms with Crippen LogP contribution in [-0.2, 0) is 5.75 Å². The maximum Gasteiger partial charge on any atom is 0.170 e. The van der Waals surface area contributed by atoms with E-state index in [1.165, 1.54) is 11.5 Å². The first-order valence-electron chi connectivity index (χ1n) is 4.40. The van der Waals surface area contributed by atoms with Crippen LogP contribution in [0.5, 0.6) is 0 Å². The van der Waals surface area contributed by atoms with Gasteiger partial charge in [-0.1, -0.05) is 11.8 Å². The SMILES string of the molecule is CNc1ccnc(CSc2ncns2)c1. The fourth-order valence-electron chi connectivity index (χ4n) is 1.07. The minimum atomic E-state index is 0.824. The zero-order valence-corrected chi connectivity index (χ0v) is 9.81. The maximum absolute atomic E-state index is 4.28. The average molecular weight is 238 g/mol. The summed E-state index contributed by atoms with van der Waals surface area (Å²) in [5.74, 6) is 0.824. The van der Waals surface area contributed by atoms with Gasteiger partial charge in [-0.3, -0.25) is 4.98 Å². The van der Waals surface area contributed by atoms with E-state index in [1.54, 1.807) is 18.1 Å². The first-order chi connectivity index (χ1) is 7.38. The molecular formula is C9H10N4S2. The van der Waals surface area contributed by atoms with Gasteiger partial charge in [-0.2, -0.15) is 4.37 Å². The Morgan fingerprint density at radius 1 is 1.47 bits per heavy atom. The van der Waals surface area contributed by atoms with Gasteiger partial charge in [0.05, 0.1) is 5.69 Å². The van der Waals surface area contributed by atoms with Crippen molar-refractivity contribution in [3.8, 4) is 0 Å². The van der Waals surface area contributed by atoms with Crippen LogP contribution in [-0.4, -0.2) is 21.4 Å². The average Bonchev–Trinajstić information content (AvgIpc) is 2.79. The van der Waals surface area contributed by atoms with Crippen LogP contribution in [0.1, 0.15) is 5.69 Å². The zero-order valence-electron chi connectivity index (χ0n) is 8.17. The number of aromatic nitrogens is 3. The third-order valence-corrected chi connectivity index (χ3v) is 3.62. The fourth-order valence-corrected chi connectivity index (χ4v) is 2.42. The summed E-state index contributed by atoms with van der Waals surface area (Å²) in [7, 11) is 1.90. The lowest BCUT2D eigenvalue weighted by Gasteiger charge is -2.02. The van der Waals surface area contributed by atoms with E-state index in [4.69, 9.17) is 0 Å². The number of nitrogens with zero attached hydrogens (tertiary/aromatic N) is 3. The molecule has 0 spiro atoms. The van der Waals surface area contributed by atoms with Crippen LogP contribution in [0.15, 0.2) is 29.0 Å². The van der Waals surface area contributed by atoms with Gasteiger partial charge in [-0.15, -0.1) is 0 Å². The van der Waals surface area contributed by atoms with Crippen molar-refractivity contribution < 1.29 is 0 Å². The van der Waals surface area contributed by atoms with Crippen molar-refractivity contribution in [2.45, 2.75) is 10.1 Å². The summed E-state index contributed by atoms with van der Waals surface area (Å²) in [6.07, 6.45) is 3.38. The van der Waals surface area contributed by atoms with Gasteiger partial charge in [-0.05, 0) is 23.7 Å². The Morgan fingerprint density at radius 3 is 3.13 bits per heavy atom. The molecule has 2 heterocycles. The maximum atomic E-state index is 4.28. The topological polar surface area (TPSA) is 50.7 Å². The molecule has 0 atom stereocenters. The molecule has 0 saturated heterocycles. The molecule has 15 heavy (non-hydrogen) atoms. The van der Waals surface area contributed by atoms with E-state index in [1.807, 2.05) is 25.4 Å². The second-order valence-corrected chi connectivity index (χ2v) is 4.78. The van der Waals surface area contributed by atoms with E-state index in [-0.39, 0.29) is 0 Å². The lowest BCUT2D eigenvalue weighted by Crippen LogP contribution is -1.91. The number of nitrogens with one attached hydrogen (secondary N) is 1. The Bertz CT molecular complexity index is 416. The quantitative estimate of drug-likeness (QED) is 0.828. The van der Waals surface area contributed by atoms with E-state index in [9.17, 15) is 0 Å². The van der Waals surface area contributed by atoms with Crippen molar-refractivity contribution in [3.05, 3.63) is 30.4 Å². The zero-order chi connectivity index (χ0) is 10.5. The van der Waals surface area contributed by atoms with E-state index in [0.717, 1.165) is 21.5 Å². The van der Waals surface area contributed by atoms with Crippen LogP contribution in [0, 0.1) is 0 Å². The molecule has 2 rings (SSSR count). The largest absolute Gasteiger partial charge is 0.388 e. The number of anilines is 1. The van der Waals surface area contributed by atoms with Crippen molar-refractivity contribution in [3.63, 3.8) is 0 Å². The molecule has 0 aliphatic carbocycles. The van der Waals surface area contributed by atoms with Crippen LogP contribution in [0.4, 0.5) is 5.69 Å². The minimum Gasteiger partial charge on any atom is -0.388 e. The summed E-state index contributed by atoms with van der Waals surface area (Å²) in [6.45, 7) is 0. The van der Waals surface area contributed by atoms with Gasteiger partial charge in [0, 0.05) is 24.7 Å². The van der Waals surface area contributed by atoms with Crippen molar-refractivity contribution in [1.82, 2.24) is 14.3 Å². The molecule has 0 bridgehead atoms. The van der Waals surface area contributed by atoms with Gasteiger partial charge in [0.2, 0.25) is 0 Å². The predicted octanol–water partition coefficient (Wildman–Crippen LogP) is 2.27. The van der Waals surface area contributed by atoms with Crippen molar-refractivity contribution in [2.75, 3.05) is 12.4 Å². The van der Waals surface area contributed by atoms with Gasteiger partial charge >= 0.3 is 0 Å². The normalized spacial score (nSPS) is 10.2. The standard InChI is InChI=1S/C9H10N4S2/c1-10-7-2-3-11-8(4-7)5-14-9-12-6-13-15-9/h2-4,6H,5H2,1H3,(H,10,11). The van der Waals surface area contributed by atoms with Gasteiger partial charge in [0.1, 0.15) is 6.33 Å². The summed E-state index contributed by atoms with van der Waals surface area (Å²) in [5, 5.41) is 3.09. The third-order valence-electron chi connectivity index (χ3n) is 1.79. The Balaban J connectivity index is 1.98. The second kappa shape index (κ2) is 5.09. The third kappa shape index (κ3) is 2.90. The highest BCUT2D eigenvalue weighted by molar-refractivity contribution is 8.00. The van der Waals surface area contributed by atoms with Crippen LogP contribution >= 0.6 is 23.3 Å². The number of hydrogen-bond acceptors (Lipinski definition) is 6. The molecule has 0 radical (unpaired) electrons. The number of hydrogen-bond donors (Lipinski definition) is 1. The van der Waals surface area contributed by atoms with Gasteiger partial charge in [0.25, 0.3) is 0 Å². The molecule has 78 valence electrons. The first kappa shape index (κ1) is 10.4. The molecule has 4 nitrogen and oxygen atoms in total. The Morgan fingerprint density at radius 2 is 2.40 bits per heavy atom. The molecule has 2 aromatic rings. The van der Waals surface area contributed by atoms with Gasteiger partial charge < -0.3 is 5.32 Å². The smallest absolute Gasteiger partial charge is 0.170 e. The molecular weight excluding hydrogens is 228 g/mol. The molecule has 0 fully saturated rings. The van der Waals surface area contributed by atoms with E-state index < -0.39 is 0 Å². The Kier molecular flexibility index (Phi) is 3.52. The molecule has 0 unspecified atom stereocenters. The number of thioether (sulfide) groups is 1. The molecule has 0 saturated carbocycles. The molecule has 0 aromatic carbocycles. The highest BCUT2D eigenvalue weighted by Crippen LogP contribution is 2.22. The van der Waals surface area contributed by atoms with Crippen molar-refractivity contribution in [1.29, 1.82) is 0 Å². The summed E-state index contributed by atoms with van der Waals surface area (Å²) in [6, 6.07) is 3.98.